The lowest BCUT2D eigenvalue weighted by Gasteiger charge is -2.47. The van der Waals surface area contributed by atoms with Crippen molar-refractivity contribution in [2.24, 2.45) is 11.7 Å². The number of aliphatic hydroxyl groups is 1. The number of rotatable bonds is 3. The molecule has 2 aliphatic rings. The zero-order valence-corrected chi connectivity index (χ0v) is 9.62. The summed E-state index contributed by atoms with van der Waals surface area (Å²) in [6.07, 6.45) is 6.83. The molecule has 15 heavy (non-hydrogen) atoms. The van der Waals surface area contributed by atoms with Gasteiger partial charge in [-0.15, -0.1) is 0 Å². The molecule has 0 bridgehead atoms. The van der Waals surface area contributed by atoms with Crippen LogP contribution >= 0.6 is 0 Å². The molecule has 0 aromatic heterocycles. The minimum absolute atomic E-state index is 0.322. The third kappa shape index (κ3) is 2.52. The van der Waals surface area contributed by atoms with Crippen molar-refractivity contribution in [1.82, 2.24) is 4.90 Å². The first-order valence-electron chi connectivity index (χ1n) is 6.39. The average Bonchev–Trinajstić information content (AvgIpc) is 2.26. The molecule has 1 saturated carbocycles. The van der Waals surface area contributed by atoms with E-state index < -0.39 is 0 Å². The fraction of sp³-hybridized carbons (Fsp3) is 1.00. The molecule has 0 spiro atoms. The lowest BCUT2D eigenvalue weighted by atomic mass is 9.71. The van der Waals surface area contributed by atoms with Gasteiger partial charge in [-0.2, -0.15) is 0 Å². The van der Waals surface area contributed by atoms with Crippen LogP contribution in [0.15, 0.2) is 0 Å². The summed E-state index contributed by atoms with van der Waals surface area (Å²) < 4.78 is 0. The van der Waals surface area contributed by atoms with Gasteiger partial charge in [0.1, 0.15) is 0 Å². The highest BCUT2D eigenvalue weighted by Crippen LogP contribution is 2.39. The minimum Gasteiger partial charge on any atom is -0.390 e. The van der Waals surface area contributed by atoms with Crippen LogP contribution in [0.3, 0.4) is 0 Å². The highest BCUT2D eigenvalue weighted by Gasteiger charge is 2.42. The molecule has 3 N–H and O–H groups in total. The molecule has 1 aliphatic carbocycles. The molecule has 0 aromatic carbocycles. The first-order valence-corrected chi connectivity index (χ1v) is 6.39. The number of hydrogen-bond acceptors (Lipinski definition) is 3. The van der Waals surface area contributed by atoms with Crippen LogP contribution in [0, 0.1) is 5.92 Å². The third-order valence-electron chi connectivity index (χ3n) is 4.19. The number of hydrogen-bond donors (Lipinski definition) is 2. The van der Waals surface area contributed by atoms with Gasteiger partial charge in [-0.3, -0.25) is 0 Å². The molecular weight excluding hydrogens is 188 g/mol. The molecule has 3 heteroatoms. The van der Waals surface area contributed by atoms with Gasteiger partial charge in [-0.25, -0.2) is 0 Å². The molecule has 2 fully saturated rings. The molecule has 0 radical (unpaired) electrons. The Bertz CT molecular complexity index is 210. The Labute approximate surface area is 92.6 Å². The molecule has 0 amide bonds. The van der Waals surface area contributed by atoms with E-state index in [0.29, 0.717) is 5.92 Å². The van der Waals surface area contributed by atoms with Crippen molar-refractivity contribution in [2.75, 3.05) is 26.2 Å². The van der Waals surface area contributed by atoms with E-state index in [-0.39, 0.29) is 5.60 Å². The van der Waals surface area contributed by atoms with E-state index in [1.165, 1.54) is 19.3 Å². The lowest BCUT2D eigenvalue weighted by Crippen LogP contribution is -2.53. The zero-order valence-electron chi connectivity index (χ0n) is 9.62. The fourth-order valence-electron chi connectivity index (χ4n) is 3.16. The zero-order chi connectivity index (χ0) is 10.7. The summed E-state index contributed by atoms with van der Waals surface area (Å²) in [6, 6.07) is 0. The Kier molecular flexibility index (Phi) is 3.65. The third-order valence-corrected chi connectivity index (χ3v) is 4.19. The summed E-state index contributed by atoms with van der Waals surface area (Å²) in [6.45, 7) is 4.05. The van der Waals surface area contributed by atoms with E-state index in [9.17, 15) is 5.11 Å². The predicted molar refractivity (Wildman–Crippen MR) is 61.6 cm³/mol. The topological polar surface area (TPSA) is 49.5 Å². The van der Waals surface area contributed by atoms with Gasteiger partial charge < -0.3 is 15.7 Å². The number of likely N-dealkylation sites (tertiary alicyclic amines) is 1. The van der Waals surface area contributed by atoms with Gasteiger partial charge >= 0.3 is 0 Å². The van der Waals surface area contributed by atoms with E-state index in [2.05, 4.69) is 4.90 Å². The normalized spacial score (nSPS) is 37.6. The molecule has 1 aliphatic heterocycles. The summed E-state index contributed by atoms with van der Waals surface area (Å²) in [5.41, 5.74) is 5.21. The Morgan fingerprint density at radius 1 is 1.33 bits per heavy atom. The number of piperidine rings is 1. The van der Waals surface area contributed by atoms with Crippen LogP contribution < -0.4 is 5.73 Å². The highest BCUT2D eigenvalue weighted by molar-refractivity contribution is 4.95. The summed E-state index contributed by atoms with van der Waals surface area (Å²) in [5.74, 6) is 0.526. The van der Waals surface area contributed by atoms with E-state index in [1.807, 2.05) is 0 Å². The molecule has 0 aromatic rings. The van der Waals surface area contributed by atoms with Gasteiger partial charge in [0.15, 0.2) is 0 Å². The Hall–Kier alpha value is -0.120. The summed E-state index contributed by atoms with van der Waals surface area (Å²) in [4.78, 5) is 2.48. The van der Waals surface area contributed by atoms with Gasteiger partial charge in [-0.05, 0) is 38.8 Å². The van der Waals surface area contributed by atoms with Crippen LogP contribution in [-0.4, -0.2) is 41.8 Å². The second-order valence-corrected chi connectivity index (χ2v) is 5.24. The molecular formula is C12H24N2O. The van der Waals surface area contributed by atoms with E-state index >= 15 is 0 Å². The number of fused-ring (bicyclic) bond motifs is 1. The Morgan fingerprint density at radius 2 is 2.20 bits per heavy atom. The van der Waals surface area contributed by atoms with E-state index in [0.717, 1.165) is 45.4 Å². The Balaban J connectivity index is 1.87. The van der Waals surface area contributed by atoms with Crippen molar-refractivity contribution in [3.8, 4) is 0 Å². The first-order chi connectivity index (χ1) is 7.24. The maximum atomic E-state index is 10.5. The quantitative estimate of drug-likeness (QED) is 0.732. The lowest BCUT2D eigenvalue weighted by molar-refractivity contribution is -0.0952. The monoisotopic (exact) mass is 212 g/mol. The molecule has 88 valence electrons. The van der Waals surface area contributed by atoms with Crippen molar-refractivity contribution in [3.05, 3.63) is 0 Å². The van der Waals surface area contributed by atoms with Crippen molar-refractivity contribution >= 4 is 0 Å². The standard InChI is InChI=1S/C12H24N2O/c13-7-3-8-14-9-6-12(15)5-2-1-4-11(12)10-14/h11,15H,1-10,13H2. The van der Waals surface area contributed by atoms with Crippen LogP contribution in [-0.2, 0) is 0 Å². The Morgan fingerprint density at radius 3 is 3.00 bits per heavy atom. The molecule has 2 unspecified atom stereocenters. The van der Waals surface area contributed by atoms with E-state index in [4.69, 9.17) is 5.73 Å². The summed E-state index contributed by atoms with van der Waals surface area (Å²) in [5, 5.41) is 10.5. The summed E-state index contributed by atoms with van der Waals surface area (Å²) >= 11 is 0. The van der Waals surface area contributed by atoms with E-state index in [1.54, 1.807) is 0 Å². The second-order valence-electron chi connectivity index (χ2n) is 5.24. The van der Waals surface area contributed by atoms with Crippen LogP contribution in [0.1, 0.15) is 38.5 Å². The van der Waals surface area contributed by atoms with Crippen molar-refractivity contribution in [2.45, 2.75) is 44.1 Å². The van der Waals surface area contributed by atoms with Gasteiger partial charge in [0.25, 0.3) is 0 Å². The maximum absolute atomic E-state index is 10.5. The molecule has 3 nitrogen and oxygen atoms in total. The van der Waals surface area contributed by atoms with Crippen molar-refractivity contribution < 1.29 is 5.11 Å². The van der Waals surface area contributed by atoms with Gasteiger partial charge in [0.05, 0.1) is 5.60 Å². The van der Waals surface area contributed by atoms with Crippen LogP contribution in [0.5, 0.6) is 0 Å². The molecule has 1 saturated heterocycles. The molecule has 2 atom stereocenters. The first kappa shape index (κ1) is 11.4. The SMILES string of the molecule is NCCCN1CCC2(O)CCCCC2C1. The number of nitrogens with zero attached hydrogens (tertiary/aromatic N) is 1. The second kappa shape index (κ2) is 4.81. The van der Waals surface area contributed by atoms with Crippen LogP contribution in [0.25, 0.3) is 0 Å². The maximum Gasteiger partial charge on any atom is 0.0700 e. The average molecular weight is 212 g/mol. The van der Waals surface area contributed by atoms with Gasteiger partial charge in [0.2, 0.25) is 0 Å². The van der Waals surface area contributed by atoms with Crippen LogP contribution in [0.2, 0.25) is 0 Å². The molecule has 1 heterocycles. The largest absolute Gasteiger partial charge is 0.390 e. The molecule has 2 rings (SSSR count). The van der Waals surface area contributed by atoms with Crippen LogP contribution in [0.4, 0.5) is 0 Å². The van der Waals surface area contributed by atoms with Crippen molar-refractivity contribution in [1.29, 1.82) is 0 Å². The predicted octanol–water partition coefficient (Wildman–Crippen LogP) is 0.962. The number of nitrogens with two attached hydrogens (primary N) is 1. The van der Waals surface area contributed by atoms with Gasteiger partial charge in [0, 0.05) is 19.0 Å². The minimum atomic E-state index is -0.322. The van der Waals surface area contributed by atoms with Gasteiger partial charge in [-0.1, -0.05) is 12.8 Å². The summed E-state index contributed by atoms with van der Waals surface area (Å²) in [7, 11) is 0. The smallest absolute Gasteiger partial charge is 0.0700 e. The fourth-order valence-corrected chi connectivity index (χ4v) is 3.16. The highest BCUT2D eigenvalue weighted by atomic mass is 16.3. The van der Waals surface area contributed by atoms with Crippen molar-refractivity contribution in [3.63, 3.8) is 0 Å².